The maximum atomic E-state index is 13.2. The molecule has 0 bridgehead atoms. The first-order chi connectivity index (χ1) is 9.88. The van der Waals surface area contributed by atoms with E-state index in [1.165, 1.54) is 12.1 Å². The summed E-state index contributed by atoms with van der Waals surface area (Å²) in [4.78, 5) is 12.2. The lowest BCUT2D eigenvalue weighted by molar-refractivity contribution is 0.103. The van der Waals surface area contributed by atoms with Gasteiger partial charge in [-0.1, -0.05) is 12.1 Å². The highest BCUT2D eigenvalue weighted by molar-refractivity contribution is 6.09. The van der Waals surface area contributed by atoms with Gasteiger partial charge in [-0.05, 0) is 38.1 Å². The average molecular weight is 294 g/mol. The molecule has 0 atom stereocenters. The molecule has 2 rings (SSSR count). The summed E-state index contributed by atoms with van der Waals surface area (Å²) in [6.45, 7) is 3.67. The van der Waals surface area contributed by atoms with Gasteiger partial charge in [-0.15, -0.1) is 0 Å². The summed E-state index contributed by atoms with van der Waals surface area (Å²) in [5.74, 6) is -4.52. The highest BCUT2D eigenvalue weighted by Crippen LogP contribution is 2.20. The highest BCUT2D eigenvalue weighted by atomic mass is 19.2. The number of halogens is 3. The van der Waals surface area contributed by atoms with E-state index in [0.717, 1.165) is 0 Å². The predicted octanol–water partition coefficient (Wildman–Crippen LogP) is 4.12. The monoisotopic (exact) mass is 294 g/mol. The van der Waals surface area contributed by atoms with Crippen LogP contribution in [0.15, 0.2) is 36.4 Å². The van der Waals surface area contributed by atoms with E-state index in [1.54, 1.807) is 12.1 Å². The first kappa shape index (κ1) is 15.1. The number of benzene rings is 2. The van der Waals surface area contributed by atoms with Crippen LogP contribution in [0.25, 0.3) is 0 Å². The Morgan fingerprint density at radius 2 is 1.62 bits per heavy atom. The maximum Gasteiger partial charge on any atom is 0.194 e. The molecule has 0 N–H and O–H groups in total. The number of hydrogen-bond acceptors (Lipinski definition) is 2. The third-order valence-corrected chi connectivity index (χ3v) is 2.71. The van der Waals surface area contributed by atoms with E-state index in [4.69, 9.17) is 4.74 Å². The molecular formula is C16H13F3O2. The molecule has 0 heterocycles. The van der Waals surface area contributed by atoms with Crippen molar-refractivity contribution in [3.63, 3.8) is 0 Å². The second-order valence-electron chi connectivity index (χ2n) is 4.78. The molecule has 0 aromatic heterocycles. The van der Waals surface area contributed by atoms with E-state index in [2.05, 4.69) is 0 Å². The van der Waals surface area contributed by atoms with Crippen molar-refractivity contribution in [3.8, 4) is 5.75 Å². The van der Waals surface area contributed by atoms with Crippen molar-refractivity contribution in [2.45, 2.75) is 20.0 Å². The predicted molar refractivity (Wildman–Crippen MR) is 72.0 cm³/mol. The Morgan fingerprint density at radius 1 is 1.00 bits per heavy atom. The van der Waals surface area contributed by atoms with Crippen LogP contribution in [0.4, 0.5) is 13.2 Å². The van der Waals surface area contributed by atoms with E-state index in [9.17, 15) is 18.0 Å². The lowest BCUT2D eigenvalue weighted by atomic mass is 10.0. The van der Waals surface area contributed by atoms with E-state index < -0.39 is 23.2 Å². The molecule has 0 saturated heterocycles. The van der Waals surface area contributed by atoms with E-state index in [-0.39, 0.29) is 17.2 Å². The molecule has 0 unspecified atom stereocenters. The van der Waals surface area contributed by atoms with Gasteiger partial charge in [0, 0.05) is 11.1 Å². The molecule has 0 aliphatic heterocycles. The molecule has 0 spiro atoms. The SMILES string of the molecule is CC(C)Oc1cccc(C(=O)c2cc(F)c(F)c(F)c2)c1. The Morgan fingerprint density at radius 3 is 2.19 bits per heavy atom. The Balaban J connectivity index is 2.36. The molecule has 0 fully saturated rings. The number of hydrogen-bond donors (Lipinski definition) is 0. The summed E-state index contributed by atoms with van der Waals surface area (Å²) in [6, 6.07) is 7.59. The fourth-order valence-corrected chi connectivity index (χ4v) is 1.84. The minimum Gasteiger partial charge on any atom is -0.491 e. The molecule has 0 amide bonds. The first-order valence-corrected chi connectivity index (χ1v) is 6.34. The van der Waals surface area contributed by atoms with Gasteiger partial charge in [0.1, 0.15) is 5.75 Å². The molecule has 0 saturated carbocycles. The van der Waals surface area contributed by atoms with E-state index >= 15 is 0 Å². The molecular weight excluding hydrogens is 281 g/mol. The van der Waals surface area contributed by atoms with Crippen LogP contribution in [0.1, 0.15) is 29.8 Å². The third kappa shape index (κ3) is 3.42. The van der Waals surface area contributed by atoms with Gasteiger partial charge in [-0.2, -0.15) is 0 Å². The largest absolute Gasteiger partial charge is 0.491 e. The quantitative estimate of drug-likeness (QED) is 0.626. The fourth-order valence-electron chi connectivity index (χ4n) is 1.84. The van der Waals surface area contributed by atoms with Crippen molar-refractivity contribution in [1.82, 2.24) is 0 Å². The van der Waals surface area contributed by atoms with Crippen LogP contribution in [-0.2, 0) is 0 Å². The normalized spacial score (nSPS) is 10.8. The van der Waals surface area contributed by atoms with Crippen LogP contribution in [0, 0.1) is 17.5 Å². The minimum atomic E-state index is -1.59. The van der Waals surface area contributed by atoms with Crippen molar-refractivity contribution >= 4 is 5.78 Å². The van der Waals surface area contributed by atoms with Gasteiger partial charge in [0.25, 0.3) is 0 Å². The summed E-state index contributed by atoms with van der Waals surface area (Å²) in [5.41, 5.74) is -0.0494. The third-order valence-electron chi connectivity index (χ3n) is 2.71. The van der Waals surface area contributed by atoms with Crippen molar-refractivity contribution in [2.75, 3.05) is 0 Å². The van der Waals surface area contributed by atoms with Crippen molar-refractivity contribution < 1.29 is 22.7 Å². The number of ether oxygens (including phenoxy) is 1. The van der Waals surface area contributed by atoms with Crippen molar-refractivity contribution in [1.29, 1.82) is 0 Å². The molecule has 110 valence electrons. The second-order valence-corrected chi connectivity index (χ2v) is 4.78. The summed E-state index contributed by atoms with van der Waals surface area (Å²) in [5, 5.41) is 0. The maximum absolute atomic E-state index is 13.2. The van der Waals surface area contributed by atoms with Gasteiger partial charge in [0.15, 0.2) is 23.2 Å². The van der Waals surface area contributed by atoms with Gasteiger partial charge in [0.05, 0.1) is 6.10 Å². The summed E-state index contributed by atoms with van der Waals surface area (Å²) < 4.78 is 44.7. The zero-order valence-corrected chi connectivity index (χ0v) is 11.5. The van der Waals surface area contributed by atoms with Crippen LogP contribution in [0.3, 0.4) is 0 Å². The van der Waals surface area contributed by atoms with E-state index in [1.807, 2.05) is 13.8 Å². The minimum absolute atomic E-state index is 0.0731. The molecule has 2 aromatic carbocycles. The number of ketones is 1. The Bertz CT molecular complexity index is 658. The summed E-state index contributed by atoms with van der Waals surface area (Å²) >= 11 is 0. The highest BCUT2D eigenvalue weighted by Gasteiger charge is 2.16. The Kier molecular flexibility index (Phi) is 4.31. The molecule has 0 aliphatic rings. The van der Waals surface area contributed by atoms with E-state index in [0.29, 0.717) is 17.9 Å². The molecule has 21 heavy (non-hydrogen) atoms. The van der Waals surface area contributed by atoms with Gasteiger partial charge < -0.3 is 4.74 Å². The van der Waals surface area contributed by atoms with Crippen LogP contribution in [0.5, 0.6) is 5.75 Å². The summed E-state index contributed by atoms with van der Waals surface area (Å²) in [6.07, 6.45) is -0.0731. The number of carbonyl (C=O) groups excluding carboxylic acids is 1. The van der Waals surface area contributed by atoms with Crippen molar-refractivity contribution in [3.05, 3.63) is 65.0 Å². The standard InChI is InChI=1S/C16H13F3O2/c1-9(2)21-12-5-3-4-10(6-12)16(20)11-7-13(17)15(19)14(18)8-11/h3-9H,1-2H3. The zero-order chi connectivity index (χ0) is 15.6. The lowest BCUT2D eigenvalue weighted by Gasteiger charge is -2.10. The van der Waals surface area contributed by atoms with Gasteiger partial charge in [-0.3, -0.25) is 4.79 Å². The van der Waals surface area contributed by atoms with Gasteiger partial charge in [-0.25, -0.2) is 13.2 Å². The van der Waals surface area contributed by atoms with Crippen LogP contribution < -0.4 is 4.74 Å². The lowest BCUT2D eigenvalue weighted by Crippen LogP contribution is -2.08. The molecule has 5 heteroatoms. The van der Waals surface area contributed by atoms with Gasteiger partial charge in [0.2, 0.25) is 0 Å². The summed E-state index contributed by atoms with van der Waals surface area (Å²) in [7, 11) is 0. The zero-order valence-electron chi connectivity index (χ0n) is 11.5. The van der Waals surface area contributed by atoms with Crippen LogP contribution in [0.2, 0.25) is 0 Å². The fraction of sp³-hybridized carbons (Fsp3) is 0.188. The molecule has 0 radical (unpaired) electrons. The number of carbonyl (C=O) groups is 1. The Hall–Kier alpha value is -2.30. The van der Waals surface area contributed by atoms with Crippen LogP contribution in [-0.4, -0.2) is 11.9 Å². The number of rotatable bonds is 4. The topological polar surface area (TPSA) is 26.3 Å². The van der Waals surface area contributed by atoms with Crippen molar-refractivity contribution in [2.24, 2.45) is 0 Å². The molecule has 0 aliphatic carbocycles. The van der Waals surface area contributed by atoms with Gasteiger partial charge >= 0.3 is 0 Å². The smallest absolute Gasteiger partial charge is 0.194 e. The Labute approximate surface area is 120 Å². The second kappa shape index (κ2) is 5.99. The average Bonchev–Trinajstić information content (AvgIpc) is 2.43. The van der Waals surface area contributed by atoms with Crippen LogP contribution >= 0.6 is 0 Å². The first-order valence-electron chi connectivity index (χ1n) is 6.34. The molecule has 2 nitrogen and oxygen atoms in total. The molecule has 2 aromatic rings.